The Balaban J connectivity index is 1.76. The molecule has 2 rings (SSSR count). The molecule has 1 N–H and O–H groups in total. The van der Waals surface area contributed by atoms with Gasteiger partial charge in [-0.2, -0.15) is 0 Å². The summed E-state index contributed by atoms with van der Waals surface area (Å²) in [6, 6.07) is 8.85. The van der Waals surface area contributed by atoms with Crippen molar-refractivity contribution in [1.29, 1.82) is 0 Å². The van der Waals surface area contributed by atoms with Crippen LogP contribution in [0.25, 0.3) is 0 Å². The van der Waals surface area contributed by atoms with Gasteiger partial charge in [-0.25, -0.2) is 0 Å². The van der Waals surface area contributed by atoms with E-state index in [2.05, 4.69) is 43.4 Å². The van der Waals surface area contributed by atoms with Crippen molar-refractivity contribution < 1.29 is 4.74 Å². The molecule has 2 heteroatoms. The van der Waals surface area contributed by atoms with Gasteiger partial charge in [-0.3, -0.25) is 0 Å². The predicted molar refractivity (Wildman–Crippen MR) is 66.5 cm³/mol. The zero-order valence-corrected chi connectivity index (χ0v) is 10.3. The topological polar surface area (TPSA) is 21.3 Å². The standard InChI is InChI=1S/C14H21NO/c1-3-12-4-6-13(7-5-12)8-15-9-14(2)10-16-11-14/h4-7,15H,3,8-11H2,1-2H3. The summed E-state index contributed by atoms with van der Waals surface area (Å²) >= 11 is 0. The fraction of sp³-hybridized carbons (Fsp3) is 0.571. The Morgan fingerprint density at radius 2 is 1.81 bits per heavy atom. The van der Waals surface area contributed by atoms with Crippen molar-refractivity contribution in [2.75, 3.05) is 19.8 Å². The van der Waals surface area contributed by atoms with Crippen molar-refractivity contribution in [2.45, 2.75) is 26.8 Å². The largest absolute Gasteiger partial charge is 0.380 e. The average molecular weight is 219 g/mol. The van der Waals surface area contributed by atoms with E-state index < -0.39 is 0 Å². The van der Waals surface area contributed by atoms with E-state index in [4.69, 9.17) is 4.74 Å². The Bertz CT molecular complexity index is 327. The van der Waals surface area contributed by atoms with Gasteiger partial charge in [-0.15, -0.1) is 0 Å². The summed E-state index contributed by atoms with van der Waals surface area (Å²) in [5, 5.41) is 3.50. The summed E-state index contributed by atoms with van der Waals surface area (Å²) in [6.07, 6.45) is 1.11. The number of aryl methyl sites for hydroxylation is 1. The zero-order chi connectivity index (χ0) is 11.4. The molecule has 1 aromatic carbocycles. The molecule has 0 aliphatic carbocycles. The van der Waals surface area contributed by atoms with Crippen LogP contribution < -0.4 is 5.32 Å². The van der Waals surface area contributed by atoms with Crippen molar-refractivity contribution in [3.63, 3.8) is 0 Å². The van der Waals surface area contributed by atoms with Gasteiger partial charge in [0.25, 0.3) is 0 Å². The van der Waals surface area contributed by atoms with Gasteiger partial charge in [-0.1, -0.05) is 38.1 Å². The van der Waals surface area contributed by atoms with E-state index in [1.54, 1.807) is 0 Å². The molecule has 2 nitrogen and oxygen atoms in total. The summed E-state index contributed by atoms with van der Waals surface area (Å²) in [6.45, 7) is 8.25. The van der Waals surface area contributed by atoms with Crippen LogP contribution in [0.5, 0.6) is 0 Å². The molecule has 0 spiro atoms. The predicted octanol–water partition coefficient (Wildman–Crippen LogP) is 2.38. The van der Waals surface area contributed by atoms with Crippen molar-refractivity contribution in [3.8, 4) is 0 Å². The quantitative estimate of drug-likeness (QED) is 0.821. The molecule has 0 bridgehead atoms. The van der Waals surface area contributed by atoms with Crippen LogP contribution in [0.4, 0.5) is 0 Å². The van der Waals surface area contributed by atoms with E-state index in [-0.39, 0.29) is 0 Å². The molecule has 88 valence electrons. The van der Waals surface area contributed by atoms with Crippen LogP contribution in [0, 0.1) is 5.41 Å². The highest BCUT2D eigenvalue weighted by Crippen LogP contribution is 2.25. The minimum Gasteiger partial charge on any atom is -0.380 e. The van der Waals surface area contributed by atoms with Gasteiger partial charge in [0.15, 0.2) is 0 Å². The zero-order valence-electron chi connectivity index (χ0n) is 10.3. The van der Waals surface area contributed by atoms with Gasteiger partial charge in [0.2, 0.25) is 0 Å². The third-order valence-electron chi connectivity index (χ3n) is 3.21. The van der Waals surface area contributed by atoms with Gasteiger partial charge in [0.1, 0.15) is 0 Å². The van der Waals surface area contributed by atoms with E-state index in [1.807, 2.05) is 0 Å². The second kappa shape index (κ2) is 4.98. The molecule has 0 radical (unpaired) electrons. The lowest BCUT2D eigenvalue weighted by atomic mass is 9.89. The summed E-state index contributed by atoms with van der Waals surface area (Å²) in [5.74, 6) is 0. The molecule has 0 unspecified atom stereocenters. The molecule has 1 fully saturated rings. The first-order valence-corrected chi connectivity index (χ1v) is 6.08. The van der Waals surface area contributed by atoms with Crippen LogP contribution >= 0.6 is 0 Å². The van der Waals surface area contributed by atoms with Gasteiger partial charge in [-0.05, 0) is 17.5 Å². The van der Waals surface area contributed by atoms with E-state index >= 15 is 0 Å². The monoisotopic (exact) mass is 219 g/mol. The van der Waals surface area contributed by atoms with Gasteiger partial charge < -0.3 is 10.1 Å². The first-order valence-electron chi connectivity index (χ1n) is 6.08. The maximum Gasteiger partial charge on any atom is 0.0554 e. The van der Waals surface area contributed by atoms with E-state index in [1.165, 1.54) is 11.1 Å². The minimum absolute atomic E-state index is 0.364. The minimum atomic E-state index is 0.364. The maximum atomic E-state index is 5.23. The molecule has 1 saturated heterocycles. The molecule has 0 amide bonds. The Labute approximate surface area is 98.0 Å². The van der Waals surface area contributed by atoms with Crippen LogP contribution in [-0.4, -0.2) is 19.8 Å². The van der Waals surface area contributed by atoms with Crippen LogP contribution in [0.3, 0.4) is 0 Å². The maximum absolute atomic E-state index is 5.23. The molecule has 0 atom stereocenters. The fourth-order valence-electron chi connectivity index (χ4n) is 1.95. The summed E-state index contributed by atoms with van der Waals surface area (Å²) < 4.78 is 5.23. The third kappa shape index (κ3) is 2.83. The Hall–Kier alpha value is -0.860. The first kappa shape index (κ1) is 11.6. The first-order chi connectivity index (χ1) is 7.72. The van der Waals surface area contributed by atoms with Gasteiger partial charge >= 0.3 is 0 Å². The Morgan fingerprint density at radius 1 is 1.19 bits per heavy atom. The van der Waals surface area contributed by atoms with Crippen LogP contribution in [0.15, 0.2) is 24.3 Å². The third-order valence-corrected chi connectivity index (χ3v) is 3.21. The highest BCUT2D eigenvalue weighted by Gasteiger charge is 2.32. The Morgan fingerprint density at radius 3 is 2.31 bits per heavy atom. The SMILES string of the molecule is CCc1ccc(CNCC2(C)COC2)cc1. The number of rotatable bonds is 5. The van der Waals surface area contributed by atoms with Crippen molar-refractivity contribution in [3.05, 3.63) is 35.4 Å². The number of ether oxygens (including phenoxy) is 1. The molecule has 16 heavy (non-hydrogen) atoms. The van der Waals surface area contributed by atoms with Crippen LogP contribution in [0.2, 0.25) is 0 Å². The molecule has 0 aromatic heterocycles. The number of nitrogens with one attached hydrogen (secondary N) is 1. The lowest BCUT2D eigenvalue weighted by Gasteiger charge is -2.38. The molecular formula is C14H21NO. The highest BCUT2D eigenvalue weighted by atomic mass is 16.5. The lowest BCUT2D eigenvalue weighted by molar-refractivity contribution is -0.0991. The molecule has 1 aliphatic rings. The summed E-state index contributed by atoms with van der Waals surface area (Å²) in [5.41, 5.74) is 3.13. The summed E-state index contributed by atoms with van der Waals surface area (Å²) in [7, 11) is 0. The second-order valence-electron chi connectivity index (χ2n) is 5.08. The van der Waals surface area contributed by atoms with Crippen LogP contribution in [0.1, 0.15) is 25.0 Å². The molecule has 1 aromatic rings. The Kier molecular flexibility index (Phi) is 3.62. The second-order valence-corrected chi connectivity index (χ2v) is 5.08. The van der Waals surface area contributed by atoms with Crippen molar-refractivity contribution >= 4 is 0 Å². The lowest BCUT2D eigenvalue weighted by Crippen LogP contribution is -2.47. The highest BCUT2D eigenvalue weighted by molar-refractivity contribution is 5.22. The smallest absolute Gasteiger partial charge is 0.0554 e. The van der Waals surface area contributed by atoms with E-state index in [9.17, 15) is 0 Å². The molecule has 1 heterocycles. The molecular weight excluding hydrogens is 198 g/mol. The number of hydrogen-bond donors (Lipinski definition) is 1. The van der Waals surface area contributed by atoms with E-state index in [0.717, 1.165) is 32.7 Å². The summed E-state index contributed by atoms with van der Waals surface area (Å²) in [4.78, 5) is 0. The van der Waals surface area contributed by atoms with Gasteiger partial charge in [0.05, 0.1) is 13.2 Å². The van der Waals surface area contributed by atoms with Crippen molar-refractivity contribution in [2.24, 2.45) is 5.41 Å². The molecule has 0 saturated carbocycles. The van der Waals surface area contributed by atoms with Gasteiger partial charge in [0, 0.05) is 18.5 Å². The normalized spacial score (nSPS) is 18.1. The number of hydrogen-bond acceptors (Lipinski definition) is 2. The average Bonchev–Trinajstić information content (AvgIpc) is 2.28. The fourth-order valence-corrected chi connectivity index (χ4v) is 1.95. The van der Waals surface area contributed by atoms with Crippen molar-refractivity contribution in [1.82, 2.24) is 5.32 Å². The van der Waals surface area contributed by atoms with Crippen LogP contribution in [-0.2, 0) is 17.7 Å². The molecule has 1 aliphatic heterocycles. The number of benzene rings is 1. The van der Waals surface area contributed by atoms with E-state index in [0.29, 0.717) is 5.41 Å².